The van der Waals surface area contributed by atoms with Crippen molar-refractivity contribution in [2.24, 2.45) is 0 Å². The maximum absolute atomic E-state index is 12.5. The summed E-state index contributed by atoms with van der Waals surface area (Å²) in [7, 11) is -3.39. The Labute approximate surface area is 152 Å². The molecule has 0 bridgehead atoms. The van der Waals surface area contributed by atoms with Crippen LogP contribution in [-0.2, 0) is 14.8 Å². The third-order valence-electron chi connectivity index (χ3n) is 3.16. The highest BCUT2D eigenvalue weighted by Gasteiger charge is 2.30. The smallest absolute Gasteiger partial charge is 0.267 e. The zero-order valence-electron chi connectivity index (χ0n) is 14.0. The lowest BCUT2D eigenvalue weighted by atomic mass is 10.1. The van der Waals surface area contributed by atoms with Crippen molar-refractivity contribution in [1.29, 1.82) is 0 Å². The molecule has 8 heteroatoms. The van der Waals surface area contributed by atoms with E-state index in [1.807, 2.05) is 0 Å². The number of rotatable bonds is 6. The summed E-state index contributed by atoms with van der Waals surface area (Å²) in [6.45, 7) is 3.27. The molecule has 0 saturated carbocycles. The summed E-state index contributed by atoms with van der Waals surface area (Å²) in [5.74, 6) is 0.135. The molecule has 0 aromatic heterocycles. The van der Waals surface area contributed by atoms with Crippen LogP contribution in [-0.4, -0.2) is 26.2 Å². The highest BCUT2D eigenvalue weighted by molar-refractivity contribution is 7.92. The Morgan fingerprint density at radius 3 is 2.28 bits per heavy atom. The molecule has 6 nitrogen and oxygen atoms in total. The number of sulfonamides is 1. The number of hydrogen-bond acceptors (Lipinski definition) is 4. The second kappa shape index (κ2) is 7.33. The minimum atomic E-state index is -3.39. The van der Waals surface area contributed by atoms with Crippen LogP contribution in [0, 0.1) is 0 Å². The van der Waals surface area contributed by atoms with Crippen LogP contribution in [0.3, 0.4) is 0 Å². The fourth-order valence-corrected chi connectivity index (χ4v) is 2.68. The van der Waals surface area contributed by atoms with E-state index in [1.165, 1.54) is 6.07 Å². The molecule has 2 rings (SSSR count). The molecule has 1 amide bonds. The molecule has 0 heterocycles. The van der Waals surface area contributed by atoms with Crippen LogP contribution in [0.15, 0.2) is 48.5 Å². The fraction of sp³-hybridized carbons (Fsp3) is 0.235. The first kappa shape index (κ1) is 19.1. The summed E-state index contributed by atoms with van der Waals surface area (Å²) < 4.78 is 30.7. The number of nitrogens with one attached hydrogen (secondary N) is 2. The summed E-state index contributed by atoms with van der Waals surface area (Å²) in [4.78, 5) is 12.5. The number of benzene rings is 2. The topological polar surface area (TPSA) is 84.5 Å². The first-order chi connectivity index (χ1) is 11.5. The normalized spacial score (nSPS) is 11.7. The van der Waals surface area contributed by atoms with Gasteiger partial charge in [-0.2, -0.15) is 0 Å². The second-order valence-electron chi connectivity index (χ2n) is 5.98. The van der Waals surface area contributed by atoms with E-state index in [4.69, 9.17) is 16.3 Å². The molecule has 0 fully saturated rings. The Morgan fingerprint density at radius 1 is 1.08 bits per heavy atom. The van der Waals surface area contributed by atoms with Gasteiger partial charge in [-0.15, -0.1) is 0 Å². The molecule has 25 heavy (non-hydrogen) atoms. The Balaban J connectivity index is 2.09. The minimum Gasteiger partial charge on any atom is -0.478 e. The first-order valence-electron chi connectivity index (χ1n) is 7.39. The number of halogens is 1. The van der Waals surface area contributed by atoms with Crippen LogP contribution < -0.4 is 14.8 Å². The number of anilines is 2. The van der Waals surface area contributed by atoms with Gasteiger partial charge in [-0.05, 0) is 56.3 Å². The van der Waals surface area contributed by atoms with Gasteiger partial charge in [0.25, 0.3) is 5.91 Å². The quantitative estimate of drug-likeness (QED) is 0.800. The van der Waals surface area contributed by atoms with Crippen LogP contribution >= 0.6 is 11.6 Å². The Bertz CT molecular complexity index is 864. The zero-order valence-corrected chi connectivity index (χ0v) is 15.6. The maximum Gasteiger partial charge on any atom is 0.267 e. The molecular formula is C17H19ClN2O4S. The SMILES string of the molecule is CC(C)(Oc1ccc(Cl)cc1)C(=O)Nc1cccc(NS(C)(=O)=O)c1. The molecule has 0 saturated heterocycles. The molecule has 0 unspecified atom stereocenters. The van der Waals surface area contributed by atoms with Crippen LogP contribution in [0.4, 0.5) is 11.4 Å². The van der Waals surface area contributed by atoms with Gasteiger partial charge in [-0.1, -0.05) is 17.7 Å². The van der Waals surface area contributed by atoms with Crippen molar-refractivity contribution in [3.63, 3.8) is 0 Å². The lowest BCUT2D eigenvalue weighted by Gasteiger charge is -2.25. The molecular weight excluding hydrogens is 364 g/mol. The van der Waals surface area contributed by atoms with Gasteiger partial charge in [0.2, 0.25) is 10.0 Å². The van der Waals surface area contributed by atoms with Crippen LogP contribution in [0.2, 0.25) is 5.02 Å². The van der Waals surface area contributed by atoms with E-state index in [0.29, 0.717) is 22.1 Å². The first-order valence-corrected chi connectivity index (χ1v) is 9.66. The van der Waals surface area contributed by atoms with E-state index in [2.05, 4.69) is 10.0 Å². The molecule has 0 aliphatic rings. The van der Waals surface area contributed by atoms with Gasteiger partial charge in [-0.25, -0.2) is 8.42 Å². The highest BCUT2D eigenvalue weighted by atomic mass is 35.5. The van der Waals surface area contributed by atoms with Gasteiger partial charge in [0, 0.05) is 10.7 Å². The second-order valence-corrected chi connectivity index (χ2v) is 8.16. The zero-order chi connectivity index (χ0) is 18.7. The predicted octanol–water partition coefficient (Wildman–Crippen LogP) is 3.51. The number of amides is 1. The van der Waals surface area contributed by atoms with Crippen LogP contribution in [0.1, 0.15) is 13.8 Å². The van der Waals surface area contributed by atoms with Gasteiger partial charge >= 0.3 is 0 Å². The number of hydrogen-bond donors (Lipinski definition) is 2. The molecule has 0 atom stereocenters. The molecule has 2 aromatic rings. The average Bonchev–Trinajstić information content (AvgIpc) is 2.48. The highest BCUT2D eigenvalue weighted by Crippen LogP contribution is 2.23. The molecule has 2 aromatic carbocycles. The van der Waals surface area contributed by atoms with E-state index in [0.717, 1.165) is 6.26 Å². The summed E-state index contributed by atoms with van der Waals surface area (Å²) in [6.07, 6.45) is 1.06. The molecule has 0 aliphatic carbocycles. The van der Waals surface area contributed by atoms with Crippen molar-refractivity contribution < 1.29 is 17.9 Å². The maximum atomic E-state index is 12.5. The van der Waals surface area contributed by atoms with Crippen molar-refractivity contribution in [2.75, 3.05) is 16.3 Å². The van der Waals surface area contributed by atoms with E-state index in [-0.39, 0.29) is 5.91 Å². The standard InChI is InChI=1S/C17H19ClN2O4S/c1-17(2,24-15-9-7-12(18)8-10-15)16(21)19-13-5-4-6-14(11-13)20-25(3,22)23/h4-11,20H,1-3H3,(H,19,21). The fourth-order valence-electron chi connectivity index (χ4n) is 2.00. The van der Waals surface area contributed by atoms with Gasteiger partial charge in [0.1, 0.15) is 5.75 Å². The van der Waals surface area contributed by atoms with Crippen LogP contribution in [0.25, 0.3) is 0 Å². The van der Waals surface area contributed by atoms with Gasteiger partial charge in [-0.3, -0.25) is 9.52 Å². The monoisotopic (exact) mass is 382 g/mol. The van der Waals surface area contributed by atoms with Crippen LogP contribution in [0.5, 0.6) is 5.75 Å². The summed E-state index contributed by atoms with van der Waals surface area (Å²) in [6, 6.07) is 13.1. The van der Waals surface area contributed by atoms with Gasteiger partial charge < -0.3 is 10.1 Å². The Hall–Kier alpha value is -2.25. The molecule has 134 valence electrons. The lowest BCUT2D eigenvalue weighted by Crippen LogP contribution is -2.42. The average molecular weight is 383 g/mol. The predicted molar refractivity (Wildman–Crippen MR) is 99.7 cm³/mol. The third kappa shape index (κ3) is 5.95. The van der Waals surface area contributed by atoms with Gasteiger partial charge in [0.15, 0.2) is 5.60 Å². The van der Waals surface area contributed by atoms with Crippen molar-refractivity contribution in [3.05, 3.63) is 53.6 Å². The van der Waals surface area contributed by atoms with E-state index in [9.17, 15) is 13.2 Å². The lowest BCUT2D eigenvalue weighted by molar-refractivity contribution is -0.128. The molecule has 0 radical (unpaired) electrons. The number of carbonyl (C=O) groups excluding carboxylic acids is 1. The Morgan fingerprint density at radius 2 is 1.68 bits per heavy atom. The molecule has 2 N–H and O–H groups in total. The van der Waals surface area contributed by atoms with Crippen molar-refractivity contribution >= 4 is 38.9 Å². The third-order valence-corrected chi connectivity index (χ3v) is 4.02. The number of carbonyl (C=O) groups is 1. The van der Waals surface area contributed by atoms with E-state index < -0.39 is 15.6 Å². The van der Waals surface area contributed by atoms with Crippen molar-refractivity contribution in [1.82, 2.24) is 0 Å². The minimum absolute atomic E-state index is 0.358. The Kier molecular flexibility index (Phi) is 5.59. The summed E-state index contributed by atoms with van der Waals surface area (Å²) in [5, 5.41) is 3.29. The van der Waals surface area contributed by atoms with Crippen molar-refractivity contribution in [3.8, 4) is 5.75 Å². The molecule has 0 spiro atoms. The van der Waals surface area contributed by atoms with E-state index in [1.54, 1.807) is 56.3 Å². The largest absolute Gasteiger partial charge is 0.478 e. The van der Waals surface area contributed by atoms with E-state index >= 15 is 0 Å². The summed E-state index contributed by atoms with van der Waals surface area (Å²) >= 11 is 5.83. The summed E-state index contributed by atoms with van der Waals surface area (Å²) in [5.41, 5.74) is -0.336. The molecule has 0 aliphatic heterocycles. The van der Waals surface area contributed by atoms with Crippen molar-refractivity contribution in [2.45, 2.75) is 19.4 Å². The number of ether oxygens (including phenoxy) is 1. The van der Waals surface area contributed by atoms with Gasteiger partial charge in [0.05, 0.1) is 11.9 Å².